The number of carbonyl (C=O) groups is 1. The molecule has 0 radical (unpaired) electrons. The molecule has 0 bridgehead atoms. The van der Waals surface area contributed by atoms with Gasteiger partial charge in [-0.15, -0.1) is 0 Å². The van der Waals surface area contributed by atoms with Crippen molar-refractivity contribution in [3.05, 3.63) is 137 Å². The fraction of sp³-hybridized carbons (Fsp3) is 0.314. The summed E-state index contributed by atoms with van der Waals surface area (Å²) in [4.78, 5) is 19.0. The van der Waals surface area contributed by atoms with Gasteiger partial charge in [0.25, 0.3) is 0 Å². The van der Waals surface area contributed by atoms with Gasteiger partial charge in [0.05, 0.1) is 18.8 Å². The second-order valence-corrected chi connectivity index (χ2v) is 10.9. The summed E-state index contributed by atoms with van der Waals surface area (Å²) < 4.78 is 13.0. The highest BCUT2D eigenvalue weighted by Crippen LogP contribution is 2.38. The summed E-state index contributed by atoms with van der Waals surface area (Å²) in [5.41, 5.74) is 5.97. The van der Waals surface area contributed by atoms with Crippen LogP contribution in [0.2, 0.25) is 0 Å². The molecular weight excluding hydrogens is 540 g/mol. The van der Waals surface area contributed by atoms with Gasteiger partial charge < -0.3 is 30.1 Å². The number of pyridine rings is 1. The first-order valence-electron chi connectivity index (χ1n) is 14.8. The molecule has 5 rings (SSSR count). The Morgan fingerprint density at radius 3 is 2.16 bits per heavy atom. The van der Waals surface area contributed by atoms with E-state index >= 15 is 0 Å². The number of benzene rings is 3. The predicted octanol–water partition coefficient (Wildman–Crippen LogP) is 5.29. The molecule has 4 aromatic rings. The molecule has 3 aromatic carbocycles. The normalized spacial score (nSPS) is 18.3. The van der Waals surface area contributed by atoms with Crippen molar-refractivity contribution >= 4 is 6.03 Å². The number of rotatable bonds is 12. The van der Waals surface area contributed by atoms with E-state index in [4.69, 9.17) is 9.47 Å². The number of aliphatic hydroxyl groups is 1. The number of ether oxygens (including phenoxy) is 2. The van der Waals surface area contributed by atoms with Gasteiger partial charge in [-0.3, -0.25) is 4.98 Å². The highest BCUT2D eigenvalue weighted by molar-refractivity contribution is 5.73. The van der Waals surface area contributed by atoms with Crippen molar-refractivity contribution < 1.29 is 19.4 Å². The van der Waals surface area contributed by atoms with Crippen LogP contribution in [0.4, 0.5) is 4.79 Å². The van der Waals surface area contributed by atoms with Crippen molar-refractivity contribution in [3.63, 3.8) is 0 Å². The molecule has 0 saturated carbocycles. The maximum absolute atomic E-state index is 12.3. The molecule has 0 aliphatic carbocycles. The zero-order valence-corrected chi connectivity index (χ0v) is 24.6. The minimum absolute atomic E-state index is 0.0110. The van der Waals surface area contributed by atoms with Crippen LogP contribution in [0.25, 0.3) is 0 Å². The molecule has 2 amide bonds. The topological polar surface area (TPSA) is 96.0 Å². The second-order valence-electron chi connectivity index (χ2n) is 10.9. The largest absolute Gasteiger partial charge is 0.392 e. The number of urea groups is 1. The number of hydrogen-bond donors (Lipinski definition) is 3. The monoisotopic (exact) mass is 580 g/mol. The highest BCUT2D eigenvalue weighted by Gasteiger charge is 2.32. The lowest BCUT2D eigenvalue weighted by Crippen LogP contribution is -2.38. The van der Waals surface area contributed by atoms with E-state index in [-0.39, 0.29) is 24.8 Å². The van der Waals surface area contributed by atoms with Gasteiger partial charge in [0.2, 0.25) is 0 Å². The van der Waals surface area contributed by atoms with Gasteiger partial charge in [0, 0.05) is 56.5 Å². The van der Waals surface area contributed by atoms with Crippen molar-refractivity contribution in [2.45, 2.75) is 51.0 Å². The number of likely N-dealkylation sites (N-methyl/N-ethyl adjacent to an activating group) is 1. The molecule has 3 unspecified atom stereocenters. The van der Waals surface area contributed by atoms with Crippen molar-refractivity contribution in [1.82, 2.24) is 20.5 Å². The van der Waals surface area contributed by atoms with Crippen molar-refractivity contribution in [3.8, 4) is 0 Å². The Morgan fingerprint density at radius 1 is 0.837 bits per heavy atom. The molecule has 1 fully saturated rings. The standard InChI is InChI=1S/C35H40N4O4/c1-39(20-18-31-9-5-6-19-36-31)24-32-21-33(29-14-12-28(25-40)13-15-29)43-34(42-32)30-16-10-27(11-17-30)23-38-35(41)37-22-26-7-3-2-4-8-26/h2-17,19,32-34,40H,18,20-25H2,1H3,(H2,37,38,41). The maximum atomic E-state index is 12.3. The van der Waals surface area contributed by atoms with Gasteiger partial charge in [0.1, 0.15) is 0 Å². The first-order chi connectivity index (χ1) is 21.1. The Bertz CT molecular complexity index is 1400. The first-order valence-corrected chi connectivity index (χ1v) is 14.8. The maximum Gasteiger partial charge on any atom is 0.315 e. The fourth-order valence-electron chi connectivity index (χ4n) is 5.14. The summed E-state index contributed by atoms with van der Waals surface area (Å²) in [6.07, 6.45) is 2.72. The van der Waals surface area contributed by atoms with E-state index < -0.39 is 6.29 Å². The molecular formula is C35H40N4O4. The minimum atomic E-state index is -0.526. The number of aromatic nitrogens is 1. The average Bonchev–Trinajstić information content (AvgIpc) is 3.06. The van der Waals surface area contributed by atoms with Crippen molar-refractivity contribution in [1.29, 1.82) is 0 Å². The van der Waals surface area contributed by atoms with Gasteiger partial charge >= 0.3 is 6.03 Å². The Kier molecular flexibility index (Phi) is 10.9. The van der Waals surface area contributed by atoms with Crippen LogP contribution in [0.1, 0.15) is 52.3 Å². The average molecular weight is 581 g/mol. The minimum Gasteiger partial charge on any atom is -0.392 e. The third-order valence-corrected chi connectivity index (χ3v) is 7.61. The SMILES string of the molecule is CN(CCc1ccccn1)CC1CC(c2ccc(CO)cc2)OC(c2ccc(CNC(=O)NCc3ccccc3)cc2)O1. The lowest BCUT2D eigenvalue weighted by atomic mass is 9.99. The number of nitrogens with one attached hydrogen (secondary N) is 2. The van der Waals surface area contributed by atoms with E-state index in [2.05, 4.69) is 33.6 Å². The van der Waals surface area contributed by atoms with E-state index in [1.165, 1.54) is 0 Å². The zero-order valence-electron chi connectivity index (χ0n) is 24.6. The Balaban J connectivity index is 1.20. The van der Waals surface area contributed by atoms with E-state index in [0.29, 0.717) is 13.1 Å². The second kappa shape index (κ2) is 15.4. The molecule has 3 atom stereocenters. The fourth-order valence-corrected chi connectivity index (χ4v) is 5.14. The summed E-state index contributed by atoms with van der Waals surface area (Å²) in [6.45, 7) is 2.54. The van der Waals surface area contributed by atoms with Crippen LogP contribution in [0.15, 0.2) is 103 Å². The number of amides is 2. The summed E-state index contributed by atoms with van der Waals surface area (Å²) in [7, 11) is 2.11. The Morgan fingerprint density at radius 2 is 1.49 bits per heavy atom. The van der Waals surface area contributed by atoms with Crippen molar-refractivity contribution in [2.75, 3.05) is 20.1 Å². The zero-order chi connectivity index (χ0) is 29.9. The van der Waals surface area contributed by atoms with E-state index in [1.54, 1.807) is 0 Å². The number of carbonyl (C=O) groups excluding carboxylic acids is 1. The molecule has 1 aromatic heterocycles. The molecule has 2 heterocycles. The molecule has 0 spiro atoms. The van der Waals surface area contributed by atoms with Gasteiger partial charge in [-0.2, -0.15) is 0 Å². The third kappa shape index (κ3) is 9.20. The van der Waals surface area contributed by atoms with Crippen LogP contribution in [-0.2, 0) is 35.6 Å². The lowest BCUT2D eigenvalue weighted by Gasteiger charge is -2.38. The molecule has 1 aliphatic heterocycles. The molecule has 8 heteroatoms. The van der Waals surface area contributed by atoms with Gasteiger partial charge in [-0.1, -0.05) is 84.9 Å². The summed E-state index contributed by atoms with van der Waals surface area (Å²) in [6, 6.07) is 31.5. The van der Waals surface area contributed by atoms with Crippen LogP contribution >= 0.6 is 0 Å². The van der Waals surface area contributed by atoms with E-state index in [9.17, 15) is 9.90 Å². The summed E-state index contributed by atoms with van der Waals surface area (Å²) in [5.74, 6) is 0. The van der Waals surface area contributed by atoms with E-state index in [0.717, 1.165) is 59.4 Å². The smallest absolute Gasteiger partial charge is 0.315 e. The summed E-state index contributed by atoms with van der Waals surface area (Å²) in [5, 5.41) is 15.3. The Hall–Kier alpha value is -4.08. The van der Waals surface area contributed by atoms with Gasteiger partial charge in [-0.25, -0.2) is 4.79 Å². The predicted molar refractivity (Wildman–Crippen MR) is 166 cm³/mol. The number of hydrogen-bond acceptors (Lipinski definition) is 6. The number of nitrogens with zero attached hydrogens (tertiary/aromatic N) is 2. The molecule has 3 N–H and O–H groups in total. The van der Waals surface area contributed by atoms with Crippen LogP contribution in [0.3, 0.4) is 0 Å². The molecule has 224 valence electrons. The number of aliphatic hydroxyl groups excluding tert-OH is 1. The molecule has 43 heavy (non-hydrogen) atoms. The molecule has 1 aliphatic rings. The van der Waals surface area contributed by atoms with Crippen molar-refractivity contribution in [2.24, 2.45) is 0 Å². The van der Waals surface area contributed by atoms with Crippen LogP contribution < -0.4 is 10.6 Å². The third-order valence-electron chi connectivity index (χ3n) is 7.61. The van der Waals surface area contributed by atoms with Gasteiger partial charge in [0.15, 0.2) is 6.29 Å². The first kappa shape index (κ1) is 30.4. The molecule has 1 saturated heterocycles. The van der Waals surface area contributed by atoms with Crippen LogP contribution in [-0.4, -0.2) is 47.3 Å². The summed E-state index contributed by atoms with van der Waals surface area (Å²) >= 11 is 0. The Labute approximate surface area is 253 Å². The van der Waals surface area contributed by atoms with Crippen LogP contribution in [0, 0.1) is 0 Å². The highest BCUT2D eigenvalue weighted by atomic mass is 16.7. The lowest BCUT2D eigenvalue weighted by molar-refractivity contribution is -0.252. The molecule has 8 nitrogen and oxygen atoms in total. The van der Waals surface area contributed by atoms with E-state index in [1.807, 2.05) is 97.2 Å². The quantitative estimate of drug-likeness (QED) is 0.211. The van der Waals surface area contributed by atoms with Gasteiger partial charge in [-0.05, 0) is 41.4 Å². The van der Waals surface area contributed by atoms with Crippen LogP contribution in [0.5, 0.6) is 0 Å².